The van der Waals surface area contributed by atoms with Gasteiger partial charge in [-0.25, -0.2) is 4.98 Å². The van der Waals surface area contributed by atoms with E-state index in [-0.39, 0.29) is 5.97 Å². The van der Waals surface area contributed by atoms with Crippen molar-refractivity contribution in [1.82, 2.24) is 4.98 Å². The molecule has 0 aliphatic carbocycles. The Bertz CT molecular complexity index is 554. The van der Waals surface area contributed by atoms with E-state index in [1.807, 2.05) is 17.5 Å². The predicted molar refractivity (Wildman–Crippen MR) is 85.2 cm³/mol. The molecule has 0 bridgehead atoms. The topological polar surface area (TPSA) is 78.4 Å². The molecule has 0 radical (unpaired) electrons. The van der Waals surface area contributed by atoms with Gasteiger partial charge in [-0.15, -0.1) is 11.3 Å². The number of carbonyl (C=O) groups is 1. The summed E-state index contributed by atoms with van der Waals surface area (Å²) in [5.41, 5.74) is 6.75. The van der Waals surface area contributed by atoms with Crippen LogP contribution < -0.4 is 5.73 Å². The van der Waals surface area contributed by atoms with Crippen molar-refractivity contribution in [3.05, 3.63) is 29.5 Å². The fourth-order valence-corrected chi connectivity index (χ4v) is 3.45. The van der Waals surface area contributed by atoms with Crippen LogP contribution in [0.15, 0.2) is 28.2 Å². The predicted octanol–water partition coefficient (Wildman–Crippen LogP) is 2.92. The van der Waals surface area contributed by atoms with Gasteiger partial charge in [0.1, 0.15) is 6.04 Å². The third-order valence-electron chi connectivity index (χ3n) is 2.70. The molecule has 0 aliphatic heterocycles. The molecule has 114 valence electrons. The van der Waals surface area contributed by atoms with Crippen LogP contribution in [0.25, 0.3) is 10.8 Å². The maximum atomic E-state index is 11.4. The molecule has 0 amide bonds. The molecular weight excluding hydrogens is 308 g/mol. The van der Waals surface area contributed by atoms with E-state index in [1.165, 1.54) is 0 Å². The molecular formula is C14H18N2O3S2. The highest BCUT2D eigenvalue weighted by Gasteiger charge is 2.14. The Kier molecular flexibility index (Phi) is 6.28. The lowest BCUT2D eigenvalue weighted by Crippen LogP contribution is -2.32. The second-order valence-corrected chi connectivity index (χ2v) is 6.28. The van der Waals surface area contributed by atoms with Crippen LogP contribution in [0.5, 0.6) is 0 Å². The standard InChI is InChI=1S/C14H18N2O3S2/c1-2-18-14(17)11(15)5-7-20-8-10-9-21-13(16-10)12-4-3-6-19-12/h3-4,6,9,11H,2,5,7-8,15H2,1H3. The van der Waals surface area contributed by atoms with E-state index in [9.17, 15) is 4.79 Å². The fraction of sp³-hybridized carbons (Fsp3) is 0.429. The Hall–Kier alpha value is -1.31. The maximum absolute atomic E-state index is 11.4. The molecule has 0 saturated heterocycles. The highest BCUT2D eigenvalue weighted by atomic mass is 32.2. The fourth-order valence-electron chi connectivity index (χ4n) is 1.64. The lowest BCUT2D eigenvalue weighted by Gasteiger charge is -2.09. The quantitative estimate of drug-likeness (QED) is 0.593. The number of furan rings is 1. The maximum Gasteiger partial charge on any atom is 0.322 e. The van der Waals surface area contributed by atoms with Gasteiger partial charge >= 0.3 is 5.97 Å². The first kappa shape index (κ1) is 16.1. The van der Waals surface area contributed by atoms with Gasteiger partial charge in [0.25, 0.3) is 0 Å². The number of aromatic nitrogens is 1. The number of nitrogens with zero attached hydrogens (tertiary/aromatic N) is 1. The third kappa shape index (κ3) is 4.87. The summed E-state index contributed by atoms with van der Waals surface area (Å²) in [5, 5.41) is 2.91. The van der Waals surface area contributed by atoms with Gasteiger partial charge in [0.15, 0.2) is 10.8 Å². The smallest absolute Gasteiger partial charge is 0.322 e. The Labute approximate surface area is 131 Å². The third-order valence-corrected chi connectivity index (χ3v) is 4.63. The minimum atomic E-state index is -0.536. The van der Waals surface area contributed by atoms with Gasteiger partial charge in [-0.3, -0.25) is 4.79 Å². The monoisotopic (exact) mass is 326 g/mol. The molecule has 1 atom stereocenters. The summed E-state index contributed by atoms with van der Waals surface area (Å²) >= 11 is 3.27. The van der Waals surface area contributed by atoms with Gasteiger partial charge in [-0.1, -0.05) is 0 Å². The van der Waals surface area contributed by atoms with Gasteiger partial charge in [0.05, 0.1) is 18.6 Å². The Morgan fingerprint density at radius 3 is 3.19 bits per heavy atom. The Morgan fingerprint density at radius 2 is 2.48 bits per heavy atom. The van der Waals surface area contributed by atoms with Crippen molar-refractivity contribution in [2.45, 2.75) is 25.1 Å². The normalized spacial score (nSPS) is 12.3. The van der Waals surface area contributed by atoms with Crippen LogP contribution in [-0.4, -0.2) is 29.4 Å². The lowest BCUT2D eigenvalue weighted by molar-refractivity contribution is -0.144. The number of nitrogens with two attached hydrogens (primary N) is 1. The van der Waals surface area contributed by atoms with E-state index >= 15 is 0 Å². The van der Waals surface area contributed by atoms with Crippen molar-refractivity contribution in [3.63, 3.8) is 0 Å². The van der Waals surface area contributed by atoms with Gasteiger partial charge < -0.3 is 14.9 Å². The zero-order valence-electron chi connectivity index (χ0n) is 11.8. The van der Waals surface area contributed by atoms with Crippen LogP contribution in [0, 0.1) is 0 Å². The summed E-state index contributed by atoms with van der Waals surface area (Å²) in [6, 6.07) is 3.21. The minimum Gasteiger partial charge on any atom is -0.465 e. The van der Waals surface area contributed by atoms with Crippen molar-refractivity contribution in [3.8, 4) is 10.8 Å². The van der Waals surface area contributed by atoms with E-state index in [0.717, 1.165) is 28.0 Å². The molecule has 2 N–H and O–H groups in total. The van der Waals surface area contributed by atoms with Crippen LogP contribution in [-0.2, 0) is 15.3 Å². The summed E-state index contributed by atoms with van der Waals surface area (Å²) in [4.78, 5) is 15.9. The van der Waals surface area contributed by atoms with Crippen molar-refractivity contribution >= 4 is 29.1 Å². The number of ether oxygens (including phenoxy) is 1. The molecule has 5 nitrogen and oxygen atoms in total. The lowest BCUT2D eigenvalue weighted by atomic mass is 10.2. The van der Waals surface area contributed by atoms with E-state index in [4.69, 9.17) is 14.9 Å². The highest BCUT2D eigenvalue weighted by molar-refractivity contribution is 7.98. The molecule has 0 aliphatic rings. The summed E-state index contributed by atoms with van der Waals surface area (Å²) in [6.45, 7) is 2.15. The first-order valence-electron chi connectivity index (χ1n) is 6.69. The van der Waals surface area contributed by atoms with Gasteiger partial charge in [-0.05, 0) is 31.2 Å². The Morgan fingerprint density at radius 1 is 1.62 bits per heavy atom. The number of thiazole rings is 1. The molecule has 0 fully saturated rings. The van der Waals surface area contributed by atoms with Crippen molar-refractivity contribution < 1.29 is 13.9 Å². The van der Waals surface area contributed by atoms with Crippen LogP contribution >= 0.6 is 23.1 Å². The van der Waals surface area contributed by atoms with Gasteiger partial charge in [0.2, 0.25) is 0 Å². The zero-order valence-corrected chi connectivity index (χ0v) is 13.4. The molecule has 7 heteroatoms. The second-order valence-electron chi connectivity index (χ2n) is 4.32. The van der Waals surface area contributed by atoms with Crippen LogP contribution in [0.4, 0.5) is 0 Å². The van der Waals surface area contributed by atoms with Crippen molar-refractivity contribution in [2.24, 2.45) is 5.73 Å². The van der Waals surface area contributed by atoms with Crippen LogP contribution in [0.1, 0.15) is 19.0 Å². The van der Waals surface area contributed by atoms with Gasteiger partial charge in [0, 0.05) is 11.1 Å². The largest absolute Gasteiger partial charge is 0.465 e. The molecule has 2 rings (SSSR count). The molecule has 1 unspecified atom stereocenters. The van der Waals surface area contributed by atoms with E-state index in [0.29, 0.717) is 13.0 Å². The van der Waals surface area contributed by atoms with Crippen LogP contribution in [0.3, 0.4) is 0 Å². The van der Waals surface area contributed by atoms with Crippen molar-refractivity contribution in [1.29, 1.82) is 0 Å². The van der Waals surface area contributed by atoms with Gasteiger partial charge in [-0.2, -0.15) is 11.8 Å². The molecule has 21 heavy (non-hydrogen) atoms. The summed E-state index contributed by atoms with van der Waals surface area (Å²) < 4.78 is 10.2. The van der Waals surface area contributed by atoms with E-state index in [1.54, 1.807) is 36.3 Å². The molecule has 2 aromatic heterocycles. The molecule has 0 aromatic carbocycles. The zero-order chi connectivity index (χ0) is 15.1. The number of esters is 1. The number of carbonyl (C=O) groups excluding carboxylic acids is 1. The first-order chi connectivity index (χ1) is 10.2. The molecule has 2 heterocycles. The average molecular weight is 326 g/mol. The first-order valence-corrected chi connectivity index (χ1v) is 8.72. The number of hydrogen-bond acceptors (Lipinski definition) is 7. The molecule has 2 aromatic rings. The number of rotatable bonds is 8. The van der Waals surface area contributed by atoms with E-state index in [2.05, 4.69) is 4.98 Å². The highest BCUT2D eigenvalue weighted by Crippen LogP contribution is 2.25. The number of thioether (sulfide) groups is 1. The SMILES string of the molecule is CCOC(=O)C(N)CCSCc1csc(-c2ccco2)n1. The Balaban J connectivity index is 1.71. The van der Waals surface area contributed by atoms with Crippen LogP contribution in [0.2, 0.25) is 0 Å². The summed E-state index contributed by atoms with van der Waals surface area (Å²) in [6.07, 6.45) is 2.25. The van der Waals surface area contributed by atoms with Crippen molar-refractivity contribution in [2.75, 3.05) is 12.4 Å². The second kappa shape index (κ2) is 8.21. The molecule has 0 spiro atoms. The average Bonchev–Trinajstić information content (AvgIpc) is 3.14. The number of hydrogen-bond donors (Lipinski definition) is 1. The minimum absolute atomic E-state index is 0.327. The summed E-state index contributed by atoms with van der Waals surface area (Å²) in [5.74, 6) is 2.06. The molecule has 0 saturated carbocycles. The summed E-state index contributed by atoms with van der Waals surface area (Å²) in [7, 11) is 0. The van der Waals surface area contributed by atoms with E-state index < -0.39 is 6.04 Å².